The largest absolute Gasteiger partial charge is 0.444 e. The third-order valence-electron chi connectivity index (χ3n) is 2.95. The Hall–Kier alpha value is -1.24. The first-order valence-electron chi connectivity index (χ1n) is 7.27. The van der Waals surface area contributed by atoms with E-state index in [1.165, 1.54) is 0 Å². The number of hydrogen-bond donors (Lipinski definition) is 1. The number of nitriles is 1. The van der Waals surface area contributed by atoms with Crippen molar-refractivity contribution in [1.82, 2.24) is 5.32 Å². The lowest BCUT2D eigenvalue weighted by molar-refractivity contribution is 0.0487. The van der Waals surface area contributed by atoms with E-state index in [4.69, 9.17) is 10.00 Å². The van der Waals surface area contributed by atoms with Crippen molar-refractivity contribution in [2.75, 3.05) is 0 Å². The van der Waals surface area contributed by atoms with Gasteiger partial charge >= 0.3 is 6.09 Å². The van der Waals surface area contributed by atoms with Crippen molar-refractivity contribution in [2.45, 2.75) is 78.4 Å². The Morgan fingerprint density at radius 2 is 1.79 bits per heavy atom. The highest BCUT2D eigenvalue weighted by Gasteiger charge is 2.24. The van der Waals surface area contributed by atoms with Crippen molar-refractivity contribution in [3.05, 3.63) is 0 Å². The normalized spacial score (nSPS) is 22.5. The molecule has 0 heterocycles. The summed E-state index contributed by atoms with van der Waals surface area (Å²) in [5.41, 5.74) is -0.442. The van der Waals surface area contributed by atoms with Crippen LogP contribution in [0.3, 0.4) is 0 Å². The second-order valence-electron chi connectivity index (χ2n) is 5.73. The van der Waals surface area contributed by atoms with Crippen molar-refractivity contribution in [3.63, 3.8) is 0 Å². The minimum Gasteiger partial charge on any atom is -0.444 e. The molecule has 1 aliphatic rings. The van der Waals surface area contributed by atoms with Crippen LogP contribution in [0.5, 0.6) is 0 Å². The Morgan fingerprint density at radius 3 is 2.21 bits per heavy atom. The minimum absolute atomic E-state index is 0.208. The van der Waals surface area contributed by atoms with Gasteiger partial charge in [0.05, 0.1) is 6.07 Å². The number of rotatable bonds is 2. The highest BCUT2D eigenvalue weighted by atomic mass is 16.6. The summed E-state index contributed by atoms with van der Waals surface area (Å²) in [6.07, 6.45) is 4.25. The fraction of sp³-hybridized carbons (Fsp3) is 0.867. The smallest absolute Gasteiger partial charge is 0.407 e. The first-order chi connectivity index (χ1) is 8.90. The predicted molar refractivity (Wildman–Crippen MR) is 76.7 cm³/mol. The molecule has 0 bridgehead atoms. The van der Waals surface area contributed by atoms with Crippen LogP contribution in [0.4, 0.5) is 4.79 Å². The third-order valence-corrected chi connectivity index (χ3v) is 2.95. The van der Waals surface area contributed by atoms with Crippen LogP contribution < -0.4 is 5.32 Å². The van der Waals surface area contributed by atoms with Crippen molar-refractivity contribution in [1.29, 1.82) is 5.26 Å². The highest BCUT2D eigenvalue weighted by molar-refractivity contribution is 5.68. The molecule has 0 radical (unpaired) electrons. The zero-order valence-electron chi connectivity index (χ0n) is 13.0. The number of nitrogens with one attached hydrogen (secondary N) is 1. The lowest BCUT2D eigenvalue weighted by Gasteiger charge is -2.29. The molecular weight excluding hydrogens is 240 g/mol. The van der Waals surface area contributed by atoms with E-state index < -0.39 is 5.60 Å². The van der Waals surface area contributed by atoms with Gasteiger partial charge in [-0.2, -0.15) is 5.26 Å². The van der Waals surface area contributed by atoms with Gasteiger partial charge in [0, 0.05) is 12.5 Å². The van der Waals surface area contributed by atoms with Crippen LogP contribution >= 0.6 is 0 Å². The molecule has 1 fully saturated rings. The van der Waals surface area contributed by atoms with E-state index in [0.717, 1.165) is 25.7 Å². The molecule has 0 saturated heterocycles. The summed E-state index contributed by atoms with van der Waals surface area (Å²) >= 11 is 0. The SMILES string of the molecule is CC.CC(C)(C)OC(=O)NC1CCC(CC#N)CC1. The number of amides is 1. The van der Waals surface area contributed by atoms with Crippen LogP contribution in [0.1, 0.15) is 66.7 Å². The van der Waals surface area contributed by atoms with Crippen molar-refractivity contribution in [2.24, 2.45) is 5.92 Å². The molecule has 19 heavy (non-hydrogen) atoms. The van der Waals surface area contributed by atoms with Gasteiger partial charge in [-0.3, -0.25) is 0 Å². The molecule has 1 amide bonds. The topological polar surface area (TPSA) is 62.1 Å². The van der Waals surface area contributed by atoms with Crippen LogP contribution in [-0.2, 0) is 4.74 Å². The Morgan fingerprint density at radius 1 is 1.26 bits per heavy atom. The van der Waals surface area contributed by atoms with Crippen molar-refractivity contribution in [3.8, 4) is 6.07 Å². The van der Waals surface area contributed by atoms with E-state index in [1.54, 1.807) is 0 Å². The van der Waals surface area contributed by atoms with Gasteiger partial charge in [0.2, 0.25) is 0 Å². The number of ether oxygens (including phenoxy) is 1. The number of alkyl carbamates (subject to hydrolysis) is 1. The van der Waals surface area contributed by atoms with Gasteiger partial charge in [0.15, 0.2) is 0 Å². The van der Waals surface area contributed by atoms with Gasteiger partial charge in [-0.25, -0.2) is 4.79 Å². The van der Waals surface area contributed by atoms with E-state index in [1.807, 2.05) is 34.6 Å². The molecule has 1 saturated carbocycles. The molecule has 0 spiro atoms. The lowest BCUT2D eigenvalue weighted by atomic mass is 9.84. The van der Waals surface area contributed by atoms with Crippen molar-refractivity contribution >= 4 is 6.09 Å². The molecule has 110 valence electrons. The number of carbonyl (C=O) groups is 1. The molecule has 0 aromatic carbocycles. The predicted octanol–water partition coefficient (Wildman–Crippen LogP) is 4.01. The molecular formula is C15H28N2O2. The summed E-state index contributed by atoms with van der Waals surface area (Å²) < 4.78 is 5.21. The van der Waals surface area contributed by atoms with E-state index in [9.17, 15) is 4.79 Å². The molecule has 4 nitrogen and oxygen atoms in total. The highest BCUT2D eigenvalue weighted by Crippen LogP contribution is 2.26. The molecule has 0 atom stereocenters. The molecule has 0 aromatic heterocycles. The Balaban J connectivity index is 0.00000154. The first-order valence-corrected chi connectivity index (χ1v) is 7.27. The second-order valence-corrected chi connectivity index (χ2v) is 5.73. The van der Waals surface area contributed by atoms with Crippen LogP contribution in [0, 0.1) is 17.2 Å². The molecule has 4 heteroatoms. The molecule has 1 N–H and O–H groups in total. The molecule has 1 rings (SSSR count). The molecule has 1 aliphatic carbocycles. The Kier molecular flexibility index (Phi) is 8.22. The standard InChI is InChI=1S/C13H22N2O2.C2H6/c1-13(2,3)17-12(16)15-11-6-4-10(5-7-11)8-9-14;1-2/h10-11H,4-8H2,1-3H3,(H,15,16);1-2H3. The average molecular weight is 268 g/mol. The Labute approximate surface area is 117 Å². The third kappa shape index (κ3) is 8.47. The van der Waals surface area contributed by atoms with Gasteiger partial charge in [-0.15, -0.1) is 0 Å². The van der Waals surface area contributed by atoms with E-state index in [-0.39, 0.29) is 12.1 Å². The first kappa shape index (κ1) is 17.8. The Bertz CT molecular complexity index is 294. The maximum atomic E-state index is 11.5. The van der Waals surface area contributed by atoms with Gasteiger partial charge in [-0.1, -0.05) is 13.8 Å². The van der Waals surface area contributed by atoms with Crippen molar-refractivity contribution < 1.29 is 9.53 Å². The van der Waals surface area contributed by atoms with Gasteiger partial charge in [0.25, 0.3) is 0 Å². The summed E-state index contributed by atoms with van der Waals surface area (Å²) in [5.74, 6) is 0.511. The summed E-state index contributed by atoms with van der Waals surface area (Å²) in [4.78, 5) is 11.5. The number of hydrogen-bond acceptors (Lipinski definition) is 3. The summed E-state index contributed by atoms with van der Waals surface area (Å²) in [7, 11) is 0. The second kappa shape index (κ2) is 8.79. The van der Waals surface area contributed by atoms with Crippen LogP contribution in [0.2, 0.25) is 0 Å². The van der Waals surface area contributed by atoms with Crippen LogP contribution in [0.25, 0.3) is 0 Å². The zero-order valence-corrected chi connectivity index (χ0v) is 13.0. The fourth-order valence-corrected chi connectivity index (χ4v) is 2.11. The minimum atomic E-state index is -0.442. The van der Waals surface area contributed by atoms with E-state index >= 15 is 0 Å². The fourth-order valence-electron chi connectivity index (χ4n) is 2.11. The lowest BCUT2D eigenvalue weighted by Crippen LogP contribution is -2.40. The van der Waals surface area contributed by atoms with E-state index in [0.29, 0.717) is 12.3 Å². The average Bonchev–Trinajstić information content (AvgIpc) is 2.32. The quantitative estimate of drug-likeness (QED) is 0.823. The zero-order chi connectivity index (χ0) is 14.9. The van der Waals surface area contributed by atoms with Crippen LogP contribution in [0.15, 0.2) is 0 Å². The monoisotopic (exact) mass is 268 g/mol. The number of nitrogens with zero attached hydrogens (tertiary/aromatic N) is 1. The van der Waals surface area contributed by atoms with Gasteiger partial charge in [0.1, 0.15) is 5.60 Å². The van der Waals surface area contributed by atoms with Gasteiger partial charge < -0.3 is 10.1 Å². The number of carbonyl (C=O) groups excluding carboxylic acids is 1. The molecule has 0 aromatic rings. The maximum absolute atomic E-state index is 11.5. The summed E-state index contributed by atoms with van der Waals surface area (Å²) in [5, 5.41) is 11.5. The summed E-state index contributed by atoms with van der Waals surface area (Å²) in [6, 6.07) is 2.42. The van der Waals surface area contributed by atoms with Gasteiger partial charge in [-0.05, 0) is 52.4 Å². The molecule has 0 unspecified atom stereocenters. The summed E-state index contributed by atoms with van der Waals surface area (Å²) in [6.45, 7) is 9.57. The van der Waals surface area contributed by atoms with Crippen LogP contribution in [-0.4, -0.2) is 17.7 Å². The maximum Gasteiger partial charge on any atom is 0.407 e. The molecule has 0 aliphatic heterocycles. The van der Waals surface area contributed by atoms with E-state index in [2.05, 4.69) is 11.4 Å².